The van der Waals surface area contributed by atoms with Crippen molar-refractivity contribution in [1.29, 1.82) is 0 Å². The van der Waals surface area contributed by atoms with E-state index in [1.807, 2.05) is 13.8 Å². The van der Waals surface area contributed by atoms with Gasteiger partial charge in [-0.2, -0.15) is 0 Å². The number of hydrogen-bond acceptors (Lipinski definition) is 4. The summed E-state index contributed by atoms with van der Waals surface area (Å²) in [4.78, 5) is 11.9. The van der Waals surface area contributed by atoms with E-state index < -0.39 is 0 Å². The fourth-order valence-electron chi connectivity index (χ4n) is 2.84. The van der Waals surface area contributed by atoms with Gasteiger partial charge in [-0.25, -0.2) is 0 Å². The zero-order chi connectivity index (χ0) is 13.7. The van der Waals surface area contributed by atoms with Gasteiger partial charge < -0.3 is 14.2 Å². The highest BCUT2D eigenvalue weighted by Gasteiger charge is 2.31. The highest BCUT2D eigenvalue weighted by molar-refractivity contribution is 5.72. The number of rotatable bonds is 4. The van der Waals surface area contributed by atoms with Gasteiger partial charge in [-0.3, -0.25) is 4.79 Å². The van der Waals surface area contributed by atoms with Crippen LogP contribution < -0.4 is 0 Å². The number of hydrogen-bond donors (Lipinski definition) is 0. The van der Waals surface area contributed by atoms with Gasteiger partial charge in [0.05, 0.1) is 18.1 Å². The summed E-state index contributed by atoms with van der Waals surface area (Å²) in [5, 5.41) is 0. The Labute approximate surface area is 115 Å². The zero-order valence-electron chi connectivity index (χ0n) is 12.1. The molecule has 0 aromatic rings. The number of esters is 1. The first kappa shape index (κ1) is 14.8. The third-order valence-corrected chi connectivity index (χ3v) is 3.79. The predicted molar refractivity (Wildman–Crippen MR) is 71.7 cm³/mol. The maximum Gasteiger partial charge on any atom is 0.309 e. The van der Waals surface area contributed by atoms with E-state index in [4.69, 9.17) is 14.2 Å². The molecule has 2 fully saturated rings. The minimum Gasteiger partial charge on any atom is -0.463 e. The zero-order valence-corrected chi connectivity index (χ0v) is 12.1. The largest absolute Gasteiger partial charge is 0.463 e. The molecular formula is C15H26O4. The second kappa shape index (κ2) is 7.25. The van der Waals surface area contributed by atoms with E-state index in [9.17, 15) is 4.79 Å². The van der Waals surface area contributed by atoms with Gasteiger partial charge in [0.15, 0.2) is 6.29 Å². The number of carbonyl (C=O) groups excluding carboxylic acids is 1. The summed E-state index contributed by atoms with van der Waals surface area (Å²) in [6, 6.07) is 0. The molecule has 1 unspecified atom stereocenters. The van der Waals surface area contributed by atoms with Gasteiger partial charge in [-0.05, 0) is 52.4 Å². The highest BCUT2D eigenvalue weighted by Crippen LogP contribution is 2.29. The first-order valence-corrected chi connectivity index (χ1v) is 7.62. The Bertz CT molecular complexity index is 284. The molecule has 0 N–H and O–H groups in total. The molecule has 2 aliphatic rings. The lowest BCUT2D eigenvalue weighted by molar-refractivity contribution is -0.198. The quantitative estimate of drug-likeness (QED) is 0.737. The predicted octanol–water partition coefficient (Wildman–Crippen LogP) is 3.04. The van der Waals surface area contributed by atoms with E-state index in [2.05, 4.69) is 0 Å². The topological polar surface area (TPSA) is 44.8 Å². The lowest BCUT2D eigenvalue weighted by Gasteiger charge is -2.32. The molecule has 0 aromatic carbocycles. The van der Waals surface area contributed by atoms with E-state index in [1.54, 1.807) is 0 Å². The second-order valence-corrected chi connectivity index (χ2v) is 5.90. The minimum atomic E-state index is -0.0622. The smallest absolute Gasteiger partial charge is 0.309 e. The van der Waals surface area contributed by atoms with E-state index in [-0.39, 0.29) is 30.4 Å². The van der Waals surface area contributed by atoms with Crippen molar-refractivity contribution >= 4 is 5.97 Å². The van der Waals surface area contributed by atoms with Crippen molar-refractivity contribution in [2.75, 3.05) is 6.61 Å². The molecule has 19 heavy (non-hydrogen) atoms. The third-order valence-electron chi connectivity index (χ3n) is 3.79. The lowest BCUT2D eigenvalue weighted by atomic mass is 9.87. The van der Waals surface area contributed by atoms with Crippen molar-refractivity contribution in [2.45, 2.75) is 77.3 Å². The molecule has 1 heterocycles. The Kier molecular flexibility index (Phi) is 5.64. The van der Waals surface area contributed by atoms with Crippen molar-refractivity contribution < 1.29 is 19.0 Å². The van der Waals surface area contributed by atoms with Crippen LogP contribution in [0.25, 0.3) is 0 Å². The van der Waals surface area contributed by atoms with Crippen LogP contribution >= 0.6 is 0 Å². The number of ether oxygens (including phenoxy) is 3. The SMILES string of the molecule is CC(C)OC(=O)[C@@H]1CCC[C@H](OC2CCCCO2)C1. The molecule has 0 amide bonds. The van der Waals surface area contributed by atoms with Crippen molar-refractivity contribution in [3.8, 4) is 0 Å². The molecule has 0 radical (unpaired) electrons. The standard InChI is InChI=1S/C15H26O4/c1-11(2)18-15(16)12-6-5-7-13(10-12)19-14-8-3-4-9-17-14/h11-14H,3-10H2,1-2H3/t12-,13+,14?/m1/s1. The third kappa shape index (κ3) is 4.77. The van der Waals surface area contributed by atoms with Crippen LogP contribution in [-0.2, 0) is 19.0 Å². The average Bonchev–Trinajstić information content (AvgIpc) is 2.39. The van der Waals surface area contributed by atoms with Gasteiger partial charge in [-0.15, -0.1) is 0 Å². The molecule has 0 aromatic heterocycles. The lowest BCUT2D eigenvalue weighted by Crippen LogP contribution is -2.34. The van der Waals surface area contributed by atoms with Crippen LogP contribution in [0, 0.1) is 5.92 Å². The molecule has 0 spiro atoms. The van der Waals surface area contributed by atoms with Crippen molar-refractivity contribution in [1.82, 2.24) is 0 Å². The fourth-order valence-corrected chi connectivity index (χ4v) is 2.84. The first-order chi connectivity index (χ1) is 9.15. The molecule has 2 rings (SSSR count). The summed E-state index contributed by atoms with van der Waals surface area (Å²) >= 11 is 0. The van der Waals surface area contributed by atoms with E-state index in [1.165, 1.54) is 6.42 Å². The van der Waals surface area contributed by atoms with Crippen LogP contribution in [0.2, 0.25) is 0 Å². The molecule has 110 valence electrons. The van der Waals surface area contributed by atoms with Gasteiger partial charge in [0.25, 0.3) is 0 Å². The summed E-state index contributed by atoms with van der Waals surface area (Å²) in [5.41, 5.74) is 0. The molecule has 4 nitrogen and oxygen atoms in total. The van der Waals surface area contributed by atoms with Crippen molar-refractivity contribution in [3.63, 3.8) is 0 Å². The Balaban J connectivity index is 1.77. The van der Waals surface area contributed by atoms with Gasteiger partial charge in [0.2, 0.25) is 0 Å². The maximum absolute atomic E-state index is 11.9. The maximum atomic E-state index is 11.9. The van der Waals surface area contributed by atoms with Crippen LogP contribution in [0.1, 0.15) is 58.8 Å². The van der Waals surface area contributed by atoms with E-state index in [0.717, 1.165) is 45.1 Å². The molecule has 0 bridgehead atoms. The fraction of sp³-hybridized carbons (Fsp3) is 0.933. The molecule has 1 aliphatic carbocycles. The second-order valence-electron chi connectivity index (χ2n) is 5.90. The van der Waals surface area contributed by atoms with Crippen molar-refractivity contribution in [3.05, 3.63) is 0 Å². The molecule has 4 heteroatoms. The summed E-state index contributed by atoms with van der Waals surface area (Å²) in [5.74, 6) is -0.0578. The molecular weight excluding hydrogens is 244 g/mol. The van der Waals surface area contributed by atoms with Crippen LogP contribution in [-0.4, -0.2) is 31.1 Å². The van der Waals surface area contributed by atoms with Gasteiger partial charge >= 0.3 is 5.97 Å². The Morgan fingerprint density at radius 2 is 2.00 bits per heavy atom. The van der Waals surface area contributed by atoms with Crippen LogP contribution in [0.4, 0.5) is 0 Å². The highest BCUT2D eigenvalue weighted by atomic mass is 16.7. The normalized spacial score (nSPS) is 32.3. The monoisotopic (exact) mass is 270 g/mol. The van der Waals surface area contributed by atoms with Crippen LogP contribution in [0.5, 0.6) is 0 Å². The Morgan fingerprint density at radius 1 is 1.16 bits per heavy atom. The van der Waals surface area contributed by atoms with E-state index in [0.29, 0.717) is 0 Å². The van der Waals surface area contributed by atoms with Crippen LogP contribution in [0.3, 0.4) is 0 Å². The van der Waals surface area contributed by atoms with Gasteiger partial charge in [-0.1, -0.05) is 6.42 Å². The summed E-state index contributed by atoms with van der Waals surface area (Å²) in [7, 11) is 0. The minimum absolute atomic E-state index is 0.00439. The first-order valence-electron chi connectivity index (χ1n) is 7.62. The molecule has 1 aliphatic heterocycles. The summed E-state index contributed by atoms with van der Waals surface area (Å²) in [6.07, 6.45) is 7.14. The van der Waals surface area contributed by atoms with Crippen LogP contribution in [0.15, 0.2) is 0 Å². The van der Waals surface area contributed by atoms with Crippen molar-refractivity contribution in [2.24, 2.45) is 5.92 Å². The molecule has 1 saturated heterocycles. The number of carbonyl (C=O) groups is 1. The summed E-state index contributed by atoms with van der Waals surface area (Å²) < 4.78 is 16.9. The molecule has 1 saturated carbocycles. The van der Waals surface area contributed by atoms with E-state index >= 15 is 0 Å². The van der Waals surface area contributed by atoms with Gasteiger partial charge in [0.1, 0.15) is 0 Å². The Morgan fingerprint density at radius 3 is 2.68 bits per heavy atom. The van der Waals surface area contributed by atoms with Gasteiger partial charge in [0, 0.05) is 6.61 Å². The summed E-state index contributed by atoms with van der Waals surface area (Å²) in [6.45, 7) is 4.59. The average molecular weight is 270 g/mol. The molecule has 3 atom stereocenters. The Hall–Kier alpha value is -0.610.